The molecule has 17 heavy (non-hydrogen) atoms. The van der Waals surface area contributed by atoms with Crippen LogP contribution in [0.1, 0.15) is 39.0 Å². The summed E-state index contributed by atoms with van der Waals surface area (Å²) in [6.07, 6.45) is 6.61. The highest BCUT2D eigenvalue weighted by Crippen LogP contribution is 2.11. The predicted octanol–water partition coefficient (Wildman–Crippen LogP) is 1.40. The summed E-state index contributed by atoms with van der Waals surface area (Å²) in [5.74, 6) is 0.214. The van der Waals surface area contributed by atoms with Crippen LogP contribution in [-0.2, 0) is 10.0 Å². The molecule has 4 nitrogen and oxygen atoms in total. The Morgan fingerprint density at radius 3 is 2.88 bits per heavy atom. The summed E-state index contributed by atoms with van der Waals surface area (Å²) >= 11 is 0. The van der Waals surface area contributed by atoms with Gasteiger partial charge in [0.15, 0.2) is 0 Å². The van der Waals surface area contributed by atoms with Gasteiger partial charge in [-0.3, -0.25) is 0 Å². The second kappa shape index (κ2) is 7.13. The van der Waals surface area contributed by atoms with E-state index < -0.39 is 10.0 Å². The number of hydrogen-bond donors (Lipinski definition) is 2. The quantitative estimate of drug-likeness (QED) is 0.680. The van der Waals surface area contributed by atoms with Crippen LogP contribution in [-0.4, -0.2) is 32.8 Å². The summed E-state index contributed by atoms with van der Waals surface area (Å²) in [5.41, 5.74) is 0. The molecule has 0 aliphatic carbocycles. The summed E-state index contributed by atoms with van der Waals surface area (Å²) in [6.45, 7) is 6.48. The molecule has 1 aliphatic heterocycles. The Balaban J connectivity index is 2.30. The lowest BCUT2D eigenvalue weighted by atomic mass is 10.0. The summed E-state index contributed by atoms with van der Waals surface area (Å²) in [4.78, 5) is 0. The van der Waals surface area contributed by atoms with E-state index in [-0.39, 0.29) is 11.8 Å². The number of nitrogens with one attached hydrogen (secondary N) is 2. The summed E-state index contributed by atoms with van der Waals surface area (Å²) in [5, 5.41) is 3.36. The first kappa shape index (κ1) is 14.7. The largest absolute Gasteiger partial charge is 0.314 e. The van der Waals surface area contributed by atoms with Crippen LogP contribution in [0.2, 0.25) is 0 Å². The Kier molecular flexibility index (Phi) is 6.16. The molecular formula is C12H24N2O2S. The van der Waals surface area contributed by atoms with Gasteiger partial charge in [0, 0.05) is 12.1 Å². The van der Waals surface area contributed by atoms with Gasteiger partial charge in [-0.25, -0.2) is 13.1 Å². The van der Waals surface area contributed by atoms with Crippen molar-refractivity contribution in [3.8, 4) is 0 Å². The van der Waals surface area contributed by atoms with E-state index in [9.17, 15) is 8.42 Å². The van der Waals surface area contributed by atoms with Gasteiger partial charge in [0.25, 0.3) is 0 Å². The number of hydrogen-bond acceptors (Lipinski definition) is 3. The third-order valence-corrected chi connectivity index (χ3v) is 4.58. The zero-order valence-electron chi connectivity index (χ0n) is 10.6. The Bertz CT molecular complexity index is 321. The molecule has 0 bridgehead atoms. The van der Waals surface area contributed by atoms with Gasteiger partial charge in [-0.15, -0.1) is 6.58 Å². The monoisotopic (exact) mass is 260 g/mol. The smallest absolute Gasteiger partial charge is 0.211 e. The minimum Gasteiger partial charge on any atom is -0.314 e. The molecule has 0 radical (unpaired) electrons. The maximum Gasteiger partial charge on any atom is 0.211 e. The highest BCUT2D eigenvalue weighted by Gasteiger charge is 2.18. The van der Waals surface area contributed by atoms with Crippen molar-refractivity contribution in [2.75, 3.05) is 12.3 Å². The van der Waals surface area contributed by atoms with E-state index >= 15 is 0 Å². The van der Waals surface area contributed by atoms with Crippen LogP contribution >= 0.6 is 0 Å². The van der Waals surface area contributed by atoms with Crippen LogP contribution in [0, 0.1) is 0 Å². The molecule has 1 aliphatic rings. The fourth-order valence-corrected chi connectivity index (χ4v) is 3.55. The van der Waals surface area contributed by atoms with Crippen molar-refractivity contribution in [2.45, 2.75) is 51.1 Å². The lowest BCUT2D eigenvalue weighted by molar-refractivity contribution is 0.392. The van der Waals surface area contributed by atoms with Gasteiger partial charge >= 0.3 is 0 Å². The van der Waals surface area contributed by atoms with Gasteiger partial charge in [0.05, 0.1) is 5.75 Å². The first-order valence-electron chi connectivity index (χ1n) is 6.38. The van der Waals surface area contributed by atoms with E-state index in [2.05, 4.69) is 16.6 Å². The minimum absolute atomic E-state index is 0.0585. The van der Waals surface area contributed by atoms with Gasteiger partial charge in [-0.05, 0) is 39.2 Å². The maximum atomic E-state index is 11.8. The highest BCUT2D eigenvalue weighted by molar-refractivity contribution is 7.89. The first-order chi connectivity index (χ1) is 8.03. The van der Waals surface area contributed by atoms with Crippen molar-refractivity contribution >= 4 is 10.0 Å². The normalized spacial score (nSPS) is 23.2. The van der Waals surface area contributed by atoms with E-state index in [0.717, 1.165) is 13.0 Å². The average molecular weight is 260 g/mol. The van der Waals surface area contributed by atoms with Crippen molar-refractivity contribution in [2.24, 2.45) is 0 Å². The molecule has 0 aromatic heterocycles. The van der Waals surface area contributed by atoms with Crippen LogP contribution in [0.25, 0.3) is 0 Å². The van der Waals surface area contributed by atoms with Crippen molar-refractivity contribution in [1.82, 2.24) is 10.0 Å². The van der Waals surface area contributed by atoms with Crippen molar-refractivity contribution in [3.05, 3.63) is 12.7 Å². The average Bonchev–Trinajstić information content (AvgIpc) is 2.27. The molecule has 0 aromatic rings. The second-order valence-corrected chi connectivity index (χ2v) is 6.67. The third kappa shape index (κ3) is 6.19. The topological polar surface area (TPSA) is 58.2 Å². The van der Waals surface area contributed by atoms with Crippen LogP contribution in [0.15, 0.2) is 12.7 Å². The fraction of sp³-hybridized carbons (Fsp3) is 0.833. The highest BCUT2D eigenvalue weighted by atomic mass is 32.2. The molecule has 0 spiro atoms. The molecule has 100 valence electrons. The molecule has 1 fully saturated rings. The third-order valence-electron chi connectivity index (χ3n) is 3.05. The van der Waals surface area contributed by atoms with E-state index in [0.29, 0.717) is 18.9 Å². The zero-order chi connectivity index (χ0) is 12.7. The molecule has 5 heteroatoms. The molecule has 2 N–H and O–H groups in total. The van der Waals surface area contributed by atoms with Gasteiger partial charge in [0.1, 0.15) is 0 Å². The fourth-order valence-electron chi connectivity index (χ4n) is 2.13. The second-order valence-electron chi connectivity index (χ2n) is 4.80. The molecule has 2 unspecified atom stereocenters. The standard InChI is InChI=1S/C12H24N2O2S/c1-3-6-11(2)14-17(15,16)10-8-12-7-4-5-9-13-12/h3,11-14H,1,4-10H2,2H3. The van der Waals surface area contributed by atoms with Crippen LogP contribution in [0.4, 0.5) is 0 Å². The van der Waals surface area contributed by atoms with Crippen LogP contribution < -0.4 is 10.0 Å². The summed E-state index contributed by atoms with van der Waals surface area (Å²) in [6, 6.07) is 0.312. The Labute approximate surface area is 105 Å². The summed E-state index contributed by atoms with van der Waals surface area (Å²) < 4.78 is 26.2. The van der Waals surface area contributed by atoms with E-state index in [4.69, 9.17) is 0 Å². The SMILES string of the molecule is C=CCC(C)NS(=O)(=O)CCC1CCCCN1. The number of sulfonamides is 1. The molecule has 1 heterocycles. The molecule has 1 rings (SSSR count). The predicted molar refractivity (Wildman–Crippen MR) is 71.5 cm³/mol. The van der Waals surface area contributed by atoms with E-state index in [1.807, 2.05) is 6.92 Å². The van der Waals surface area contributed by atoms with Crippen LogP contribution in [0.5, 0.6) is 0 Å². The minimum atomic E-state index is -3.14. The van der Waals surface area contributed by atoms with Crippen molar-refractivity contribution < 1.29 is 8.42 Å². The molecule has 0 aromatic carbocycles. The van der Waals surface area contributed by atoms with Gasteiger partial charge < -0.3 is 5.32 Å². The lowest BCUT2D eigenvalue weighted by Gasteiger charge is -2.23. The zero-order valence-corrected chi connectivity index (χ0v) is 11.4. The lowest BCUT2D eigenvalue weighted by Crippen LogP contribution is -2.39. The Morgan fingerprint density at radius 1 is 1.53 bits per heavy atom. The molecule has 1 saturated heterocycles. The van der Waals surface area contributed by atoms with Crippen molar-refractivity contribution in [1.29, 1.82) is 0 Å². The van der Waals surface area contributed by atoms with Gasteiger partial charge in [0.2, 0.25) is 10.0 Å². The molecule has 0 saturated carbocycles. The first-order valence-corrected chi connectivity index (χ1v) is 8.03. The maximum absolute atomic E-state index is 11.8. The molecular weight excluding hydrogens is 236 g/mol. The van der Waals surface area contributed by atoms with E-state index in [1.165, 1.54) is 12.8 Å². The Morgan fingerprint density at radius 2 is 2.29 bits per heavy atom. The van der Waals surface area contributed by atoms with E-state index in [1.54, 1.807) is 6.08 Å². The van der Waals surface area contributed by atoms with Gasteiger partial charge in [-0.1, -0.05) is 12.5 Å². The Hall–Kier alpha value is -0.390. The molecule has 0 amide bonds. The van der Waals surface area contributed by atoms with Crippen LogP contribution in [0.3, 0.4) is 0 Å². The number of rotatable bonds is 7. The summed E-state index contributed by atoms with van der Waals surface area (Å²) in [7, 11) is -3.14. The molecule has 2 atom stereocenters. The van der Waals surface area contributed by atoms with Crippen molar-refractivity contribution in [3.63, 3.8) is 0 Å². The van der Waals surface area contributed by atoms with Gasteiger partial charge in [-0.2, -0.15) is 0 Å². The number of piperidine rings is 1.